The van der Waals surface area contributed by atoms with Crippen molar-refractivity contribution in [3.63, 3.8) is 0 Å². The highest BCUT2D eigenvalue weighted by Gasteiger charge is 2.14. The van der Waals surface area contributed by atoms with Crippen LogP contribution >= 0.6 is 11.6 Å². The second-order valence-corrected chi connectivity index (χ2v) is 2.98. The molecule has 0 bridgehead atoms. The van der Waals surface area contributed by atoms with E-state index < -0.39 is 11.8 Å². The average molecular weight is 218 g/mol. The van der Waals surface area contributed by atoms with E-state index in [1.165, 1.54) is 6.07 Å². The zero-order valence-electron chi connectivity index (χ0n) is 7.51. The molecule has 14 heavy (non-hydrogen) atoms. The fourth-order valence-electron chi connectivity index (χ4n) is 0.927. The first-order valence-corrected chi connectivity index (χ1v) is 4.35. The molecule has 2 N–H and O–H groups in total. The van der Waals surface area contributed by atoms with Crippen LogP contribution in [0.25, 0.3) is 0 Å². The van der Waals surface area contributed by atoms with Gasteiger partial charge in [-0.15, -0.1) is 0 Å². The molecule has 5 heteroatoms. The van der Waals surface area contributed by atoms with Gasteiger partial charge < -0.3 is 10.5 Å². The summed E-state index contributed by atoms with van der Waals surface area (Å²) in [6.07, 6.45) is 0. The minimum Gasteiger partial charge on any atom is -0.462 e. The smallest absolute Gasteiger partial charge is 0.339 e. The number of rotatable bonds is 2. The molecule has 3 nitrogen and oxygen atoms in total. The summed E-state index contributed by atoms with van der Waals surface area (Å²) in [4.78, 5) is 11.2. The van der Waals surface area contributed by atoms with E-state index in [2.05, 4.69) is 4.74 Å². The molecule has 0 spiro atoms. The molecule has 1 rings (SSSR count). The van der Waals surface area contributed by atoms with Gasteiger partial charge >= 0.3 is 5.97 Å². The van der Waals surface area contributed by atoms with Crippen molar-refractivity contribution in [1.82, 2.24) is 0 Å². The number of anilines is 1. The van der Waals surface area contributed by atoms with Gasteiger partial charge in [-0.25, -0.2) is 9.18 Å². The zero-order valence-corrected chi connectivity index (χ0v) is 8.27. The lowest BCUT2D eigenvalue weighted by molar-refractivity contribution is 0.0526. The summed E-state index contributed by atoms with van der Waals surface area (Å²) >= 11 is 5.68. The maximum atomic E-state index is 13.0. The molecular weight excluding hydrogens is 209 g/mol. The zero-order chi connectivity index (χ0) is 10.7. The number of nitrogen functional groups attached to an aromatic ring is 1. The summed E-state index contributed by atoms with van der Waals surface area (Å²) in [6.45, 7) is 1.86. The van der Waals surface area contributed by atoms with Gasteiger partial charge in [0.1, 0.15) is 5.82 Å². The predicted octanol–water partition coefficient (Wildman–Crippen LogP) is 2.24. The molecule has 0 aliphatic carbocycles. The van der Waals surface area contributed by atoms with Crippen molar-refractivity contribution in [2.24, 2.45) is 0 Å². The van der Waals surface area contributed by atoms with Crippen LogP contribution in [0.1, 0.15) is 17.3 Å². The predicted molar refractivity (Wildman–Crippen MR) is 51.8 cm³/mol. The van der Waals surface area contributed by atoms with E-state index in [9.17, 15) is 9.18 Å². The third-order valence-electron chi connectivity index (χ3n) is 1.58. The monoisotopic (exact) mass is 217 g/mol. The Morgan fingerprint density at radius 1 is 1.64 bits per heavy atom. The number of carbonyl (C=O) groups is 1. The highest BCUT2D eigenvalue weighted by Crippen LogP contribution is 2.22. The maximum absolute atomic E-state index is 13.0. The van der Waals surface area contributed by atoms with E-state index >= 15 is 0 Å². The lowest BCUT2D eigenvalue weighted by Gasteiger charge is -2.05. The first kappa shape index (κ1) is 10.8. The lowest BCUT2D eigenvalue weighted by Crippen LogP contribution is -2.06. The van der Waals surface area contributed by atoms with Crippen LogP contribution in [0.2, 0.25) is 5.02 Å². The molecule has 76 valence electrons. The van der Waals surface area contributed by atoms with Crippen LogP contribution in [0.5, 0.6) is 0 Å². The Labute approximate surface area is 85.6 Å². The van der Waals surface area contributed by atoms with Gasteiger partial charge in [0.05, 0.1) is 22.9 Å². The molecule has 0 unspecified atom stereocenters. The SMILES string of the molecule is CCOC(=O)c1cc(F)c(N)cc1Cl. The van der Waals surface area contributed by atoms with Gasteiger partial charge in [-0.1, -0.05) is 11.6 Å². The molecule has 0 fully saturated rings. The standard InChI is InChI=1S/C9H9ClFNO2/c1-2-14-9(13)5-3-7(11)8(12)4-6(5)10/h3-4H,2,12H2,1H3. The Morgan fingerprint density at radius 2 is 2.29 bits per heavy atom. The largest absolute Gasteiger partial charge is 0.462 e. The van der Waals surface area contributed by atoms with Gasteiger partial charge in [0.25, 0.3) is 0 Å². The Balaban J connectivity index is 3.09. The van der Waals surface area contributed by atoms with Gasteiger partial charge in [-0.05, 0) is 19.1 Å². The second kappa shape index (κ2) is 4.28. The molecule has 0 heterocycles. The van der Waals surface area contributed by atoms with Gasteiger partial charge in [-0.2, -0.15) is 0 Å². The van der Waals surface area contributed by atoms with Crippen molar-refractivity contribution in [1.29, 1.82) is 0 Å². The highest BCUT2D eigenvalue weighted by molar-refractivity contribution is 6.33. The number of halogens is 2. The van der Waals surface area contributed by atoms with Crippen LogP contribution in [0.4, 0.5) is 10.1 Å². The average Bonchev–Trinajstić information content (AvgIpc) is 2.11. The van der Waals surface area contributed by atoms with Crippen LogP contribution in [-0.4, -0.2) is 12.6 Å². The molecule has 0 atom stereocenters. The minimum atomic E-state index is -0.683. The Hall–Kier alpha value is -1.29. The van der Waals surface area contributed by atoms with Gasteiger partial charge in [0.15, 0.2) is 0 Å². The Morgan fingerprint density at radius 3 is 2.86 bits per heavy atom. The number of hydrogen-bond donors (Lipinski definition) is 1. The topological polar surface area (TPSA) is 52.3 Å². The van der Waals surface area contributed by atoms with E-state index in [4.69, 9.17) is 17.3 Å². The van der Waals surface area contributed by atoms with E-state index in [-0.39, 0.29) is 22.9 Å². The quantitative estimate of drug-likeness (QED) is 0.611. The van der Waals surface area contributed by atoms with Gasteiger partial charge in [0, 0.05) is 0 Å². The van der Waals surface area contributed by atoms with Crippen molar-refractivity contribution in [2.75, 3.05) is 12.3 Å². The molecule has 0 radical (unpaired) electrons. The molecule has 1 aromatic rings. The Bertz CT molecular complexity index is 368. The lowest BCUT2D eigenvalue weighted by atomic mass is 10.2. The number of esters is 1. The molecule has 0 saturated heterocycles. The number of ether oxygens (including phenoxy) is 1. The summed E-state index contributed by atoms with van der Waals surface area (Å²) in [7, 11) is 0. The number of hydrogen-bond acceptors (Lipinski definition) is 3. The number of benzene rings is 1. The molecule has 0 aliphatic heterocycles. The van der Waals surface area contributed by atoms with Crippen LogP contribution in [-0.2, 0) is 4.74 Å². The van der Waals surface area contributed by atoms with E-state index in [1.54, 1.807) is 6.92 Å². The minimum absolute atomic E-state index is 0.0137. The van der Waals surface area contributed by atoms with Crippen molar-refractivity contribution < 1.29 is 13.9 Å². The highest BCUT2D eigenvalue weighted by atomic mass is 35.5. The van der Waals surface area contributed by atoms with Crippen molar-refractivity contribution in [3.05, 3.63) is 28.5 Å². The third kappa shape index (κ3) is 2.14. The molecule has 0 aliphatic rings. The molecular formula is C9H9ClFNO2. The Kier molecular flexibility index (Phi) is 3.30. The van der Waals surface area contributed by atoms with Crippen LogP contribution in [0.15, 0.2) is 12.1 Å². The van der Waals surface area contributed by atoms with Gasteiger partial charge in [0.2, 0.25) is 0 Å². The molecule has 0 amide bonds. The summed E-state index contributed by atoms with van der Waals surface area (Å²) < 4.78 is 17.6. The van der Waals surface area contributed by atoms with Crippen LogP contribution < -0.4 is 5.73 Å². The molecule has 1 aromatic carbocycles. The van der Waals surface area contributed by atoms with Crippen molar-refractivity contribution in [2.45, 2.75) is 6.92 Å². The van der Waals surface area contributed by atoms with Crippen LogP contribution in [0.3, 0.4) is 0 Å². The first-order chi connectivity index (χ1) is 6.56. The third-order valence-corrected chi connectivity index (χ3v) is 1.89. The summed E-state index contributed by atoms with van der Waals surface area (Å²) in [5.41, 5.74) is 5.14. The second-order valence-electron chi connectivity index (χ2n) is 2.57. The van der Waals surface area contributed by atoms with Crippen molar-refractivity contribution >= 4 is 23.3 Å². The maximum Gasteiger partial charge on any atom is 0.339 e. The normalized spacial score (nSPS) is 9.93. The van der Waals surface area contributed by atoms with E-state index in [0.717, 1.165) is 6.07 Å². The molecule has 0 saturated carbocycles. The summed E-state index contributed by atoms with van der Waals surface area (Å²) in [5.74, 6) is -1.34. The first-order valence-electron chi connectivity index (χ1n) is 3.98. The van der Waals surface area contributed by atoms with Crippen LogP contribution in [0, 0.1) is 5.82 Å². The summed E-state index contributed by atoms with van der Waals surface area (Å²) in [6, 6.07) is 2.15. The van der Waals surface area contributed by atoms with Crippen molar-refractivity contribution in [3.8, 4) is 0 Å². The number of nitrogens with two attached hydrogens (primary N) is 1. The fraction of sp³-hybridized carbons (Fsp3) is 0.222. The summed E-state index contributed by atoms with van der Waals surface area (Å²) in [5, 5.41) is 0.0855. The fourth-order valence-corrected chi connectivity index (χ4v) is 1.18. The van der Waals surface area contributed by atoms with E-state index in [0.29, 0.717) is 0 Å². The number of carbonyl (C=O) groups excluding carboxylic acids is 1. The molecule has 0 aromatic heterocycles. The van der Waals surface area contributed by atoms with E-state index in [1.807, 2.05) is 0 Å². The van der Waals surface area contributed by atoms with Gasteiger partial charge in [-0.3, -0.25) is 0 Å².